The van der Waals surface area contributed by atoms with Gasteiger partial charge in [-0.25, -0.2) is 13.4 Å². The predicted octanol–water partition coefficient (Wildman–Crippen LogP) is 5.65. The zero-order valence-corrected chi connectivity index (χ0v) is 22.7. The van der Waals surface area contributed by atoms with Crippen molar-refractivity contribution in [2.45, 2.75) is 23.6 Å². The first-order valence-corrected chi connectivity index (χ1v) is 14.9. The fourth-order valence-electron chi connectivity index (χ4n) is 4.33. The van der Waals surface area contributed by atoms with Crippen LogP contribution >= 0.6 is 34.3 Å². The minimum atomic E-state index is -3.53. The number of hydrogen-bond acceptors (Lipinski definition) is 7. The van der Waals surface area contributed by atoms with Crippen molar-refractivity contribution < 1.29 is 17.9 Å². The summed E-state index contributed by atoms with van der Waals surface area (Å²) in [5, 5.41) is 2.84. The number of halogens is 1. The Labute approximate surface area is 223 Å². The molecule has 2 aromatic carbocycles. The van der Waals surface area contributed by atoms with Crippen LogP contribution in [0.1, 0.15) is 18.4 Å². The molecule has 36 heavy (non-hydrogen) atoms. The smallest absolute Gasteiger partial charge is 0.252 e. The molecule has 3 heterocycles. The van der Waals surface area contributed by atoms with E-state index in [1.165, 1.54) is 27.0 Å². The molecule has 0 N–H and O–H groups in total. The van der Waals surface area contributed by atoms with Crippen molar-refractivity contribution in [3.63, 3.8) is 0 Å². The van der Waals surface area contributed by atoms with E-state index >= 15 is 0 Å². The molecule has 0 saturated carbocycles. The van der Waals surface area contributed by atoms with Crippen molar-refractivity contribution in [1.29, 1.82) is 0 Å². The van der Waals surface area contributed by atoms with Crippen LogP contribution in [0.15, 0.2) is 64.2 Å². The number of thiophene rings is 1. The van der Waals surface area contributed by atoms with Crippen LogP contribution in [0.25, 0.3) is 10.2 Å². The summed E-state index contributed by atoms with van der Waals surface area (Å²) in [6.07, 6.45) is 0.896. The first-order chi connectivity index (χ1) is 17.4. The van der Waals surface area contributed by atoms with Crippen LogP contribution in [-0.2, 0) is 21.4 Å². The van der Waals surface area contributed by atoms with E-state index in [0.29, 0.717) is 58.1 Å². The Morgan fingerprint density at radius 2 is 1.89 bits per heavy atom. The number of carbonyl (C=O) groups excluding carboxylic acids is 1. The molecule has 1 aliphatic heterocycles. The van der Waals surface area contributed by atoms with E-state index in [0.717, 1.165) is 10.3 Å². The normalized spacial score (nSPS) is 15.3. The molecular weight excluding hydrogens is 538 g/mol. The van der Waals surface area contributed by atoms with Gasteiger partial charge in [0.2, 0.25) is 5.91 Å². The van der Waals surface area contributed by atoms with E-state index in [-0.39, 0.29) is 11.8 Å². The molecule has 7 nitrogen and oxygen atoms in total. The Bertz CT molecular complexity index is 1470. The summed E-state index contributed by atoms with van der Waals surface area (Å²) in [5.41, 5.74) is 1.59. The van der Waals surface area contributed by atoms with Gasteiger partial charge in [-0.1, -0.05) is 59.3 Å². The molecule has 1 saturated heterocycles. The fraction of sp³-hybridized carbons (Fsp3) is 0.280. The first kappa shape index (κ1) is 25.2. The van der Waals surface area contributed by atoms with Gasteiger partial charge in [-0.15, -0.1) is 11.3 Å². The summed E-state index contributed by atoms with van der Waals surface area (Å²) in [4.78, 5) is 20.3. The lowest BCUT2D eigenvalue weighted by atomic mass is 9.96. The van der Waals surface area contributed by atoms with Crippen LogP contribution in [-0.4, -0.2) is 43.8 Å². The summed E-state index contributed by atoms with van der Waals surface area (Å²) in [6.45, 7) is 0.956. The van der Waals surface area contributed by atoms with Crippen molar-refractivity contribution in [3.05, 3.63) is 70.6 Å². The summed E-state index contributed by atoms with van der Waals surface area (Å²) in [7, 11) is -1.95. The number of methoxy groups -OCH3 is 1. The van der Waals surface area contributed by atoms with Crippen molar-refractivity contribution in [3.8, 4) is 5.75 Å². The molecule has 1 aliphatic rings. The lowest BCUT2D eigenvalue weighted by molar-refractivity contribution is -0.123. The number of piperidine rings is 1. The van der Waals surface area contributed by atoms with Gasteiger partial charge in [0.15, 0.2) is 5.13 Å². The lowest BCUT2D eigenvalue weighted by Gasteiger charge is -2.32. The minimum absolute atomic E-state index is 0.0684. The SMILES string of the molecule is COc1ccc(Cl)c2sc(N(Cc3ccccc3)C(=O)C3CCN(S(=O)(=O)c4cccs4)CC3)nc12. The highest BCUT2D eigenvalue weighted by atomic mass is 35.5. The predicted molar refractivity (Wildman–Crippen MR) is 145 cm³/mol. The maximum absolute atomic E-state index is 13.9. The Morgan fingerprint density at radius 1 is 1.14 bits per heavy atom. The van der Waals surface area contributed by atoms with Gasteiger partial charge in [-0.3, -0.25) is 9.69 Å². The Kier molecular flexibility index (Phi) is 7.32. The zero-order chi connectivity index (χ0) is 25.3. The number of anilines is 1. The van der Waals surface area contributed by atoms with Crippen LogP contribution < -0.4 is 9.64 Å². The van der Waals surface area contributed by atoms with Gasteiger partial charge in [0.1, 0.15) is 15.5 Å². The molecule has 4 aromatic rings. The molecule has 0 bridgehead atoms. The van der Waals surface area contributed by atoms with Crippen molar-refractivity contribution in [1.82, 2.24) is 9.29 Å². The van der Waals surface area contributed by atoms with Gasteiger partial charge in [0, 0.05) is 19.0 Å². The average molecular weight is 562 g/mol. The molecule has 11 heteroatoms. The number of benzene rings is 2. The van der Waals surface area contributed by atoms with Gasteiger partial charge in [0.25, 0.3) is 10.0 Å². The Balaban J connectivity index is 1.42. The molecule has 0 unspecified atom stereocenters. The molecule has 2 aromatic heterocycles. The molecular formula is C25H24ClN3O4S3. The van der Waals surface area contributed by atoms with E-state index in [1.54, 1.807) is 41.7 Å². The highest BCUT2D eigenvalue weighted by Crippen LogP contribution is 2.40. The minimum Gasteiger partial charge on any atom is -0.494 e. The average Bonchev–Trinajstić information content (AvgIpc) is 3.60. The monoisotopic (exact) mass is 561 g/mol. The highest BCUT2D eigenvalue weighted by molar-refractivity contribution is 7.91. The van der Waals surface area contributed by atoms with Crippen LogP contribution in [0, 0.1) is 5.92 Å². The number of aromatic nitrogens is 1. The lowest BCUT2D eigenvalue weighted by Crippen LogP contribution is -2.44. The number of rotatable bonds is 7. The van der Waals surface area contributed by atoms with E-state index in [9.17, 15) is 13.2 Å². The van der Waals surface area contributed by atoms with E-state index < -0.39 is 10.0 Å². The molecule has 0 spiro atoms. The topological polar surface area (TPSA) is 79.8 Å². The largest absolute Gasteiger partial charge is 0.494 e. The van der Waals surface area contributed by atoms with Crippen LogP contribution in [0.2, 0.25) is 5.02 Å². The molecule has 1 fully saturated rings. The van der Waals surface area contributed by atoms with Gasteiger partial charge < -0.3 is 4.74 Å². The quantitative estimate of drug-likeness (QED) is 0.291. The van der Waals surface area contributed by atoms with Crippen LogP contribution in [0.4, 0.5) is 5.13 Å². The van der Waals surface area contributed by atoms with Gasteiger partial charge >= 0.3 is 0 Å². The maximum atomic E-state index is 13.9. The summed E-state index contributed by atoms with van der Waals surface area (Å²) in [6, 6.07) is 16.6. The number of sulfonamides is 1. The van der Waals surface area contributed by atoms with Crippen molar-refractivity contribution >= 4 is 65.6 Å². The fourth-order valence-corrected chi connectivity index (χ4v) is 8.20. The molecule has 188 valence electrons. The van der Waals surface area contributed by atoms with Gasteiger partial charge in [-0.2, -0.15) is 4.31 Å². The Morgan fingerprint density at radius 3 is 2.56 bits per heavy atom. The number of thiazole rings is 1. The number of ether oxygens (including phenoxy) is 1. The standard InChI is InChI=1S/C25H24ClN3O4S3/c1-33-20-10-9-19(26)23-22(20)27-25(35-23)29(16-17-6-3-2-4-7-17)24(30)18-11-13-28(14-12-18)36(31,32)21-8-5-15-34-21/h2-10,15,18H,11-14,16H2,1H3. The second-order valence-electron chi connectivity index (χ2n) is 8.44. The number of fused-ring (bicyclic) bond motifs is 1. The van der Waals surface area contributed by atoms with Gasteiger partial charge in [0.05, 0.1) is 23.4 Å². The third-order valence-electron chi connectivity index (χ3n) is 6.24. The molecule has 0 radical (unpaired) electrons. The van der Waals surface area contributed by atoms with Crippen molar-refractivity contribution in [2.24, 2.45) is 5.92 Å². The Hall–Kier alpha value is -2.50. The molecule has 1 amide bonds. The van der Waals surface area contributed by atoms with Gasteiger partial charge in [-0.05, 0) is 42.0 Å². The second-order valence-corrected chi connectivity index (χ2v) is 12.9. The number of nitrogens with zero attached hydrogens (tertiary/aromatic N) is 3. The van der Waals surface area contributed by atoms with Crippen molar-refractivity contribution in [2.75, 3.05) is 25.1 Å². The van der Waals surface area contributed by atoms with Crippen LogP contribution in [0.5, 0.6) is 5.75 Å². The third-order valence-corrected chi connectivity index (χ3v) is 11.1. The molecule has 5 rings (SSSR count). The number of hydrogen-bond donors (Lipinski definition) is 0. The van der Waals surface area contributed by atoms with Crippen LogP contribution in [0.3, 0.4) is 0 Å². The van der Waals surface area contributed by atoms with E-state index in [1.807, 2.05) is 30.3 Å². The number of amides is 1. The zero-order valence-electron chi connectivity index (χ0n) is 19.5. The summed E-state index contributed by atoms with van der Waals surface area (Å²) in [5.74, 6) is 0.213. The van der Waals surface area contributed by atoms with E-state index in [4.69, 9.17) is 21.3 Å². The highest BCUT2D eigenvalue weighted by Gasteiger charge is 2.35. The molecule has 0 atom stereocenters. The van der Waals surface area contributed by atoms with E-state index in [2.05, 4.69) is 0 Å². The second kappa shape index (κ2) is 10.5. The first-order valence-electron chi connectivity index (χ1n) is 11.4. The number of carbonyl (C=O) groups is 1. The third kappa shape index (κ3) is 4.88. The summed E-state index contributed by atoms with van der Waals surface area (Å²) >= 11 is 9.00. The summed E-state index contributed by atoms with van der Waals surface area (Å²) < 4.78 is 33.9. The maximum Gasteiger partial charge on any atom is 0.252 e. The molecule has 0 aliphatic carbocycles.